The highest BCUT2D eigenvalue weighted by molar-refractivity contribution is 7.89. The van der Waals surface area contributed by atoms with Gasteiger partial charge in [-0.2, -0.15) is 0 Å². The molecule has 0 spiro atoms. The number of aryl methyl sites for hydroxylation is 1. The molecule has 0 unspecified atom stereocenters. The minimum absolute atomic E-state index is 0.0212. The van der Waals surface area contributed by atoms with Crippen LogP contribution in [-0.2, 0) is 21.2 Å². The van der Waals surface area contributed by atoms with Crippen LogP contribution in [0.1, 0.15) is 21.5 Å². The van der Waals surface area contributed by atoms with Crippen LogP contribution in [-0.4, -0.2) is 41.1 Å². The number of halogens is 1. The van der Waals surface area contributed by atoms with Crippen LogP contribution in [0.2, 0.25) is 0 Å². The summed E-state index contributed by atoms with van der Waals surface area (Å²) in [6, 6.07) is 10.5. The number of sulfonamides is 1. The monoisotopic (exact) mass is 394 g/mol. The molecule has 0 radical (unpaired) electrons. The van der Waals surface area contributed by atoms with Crippen LogP contribution < -0.4 is 10.0 Å². The van der Waals surface area contributed by atoms with E-state index in [2.05, 4.69) is 10.0 Å². The van der Waals surface area contributed by atoms with Gasteiger partial charge in [-0.3, -0.25) is 4.79 Å². The SMILES string of the molecule is COCCNS(=O)(=O)c1ccc(C)c(C(=O)NCCc2ccc(F)cc2)c1. The van der Waals surface area contributed by atoms with Crippen molar-refractivity contribution in [2.45, 2.75) is 18.2 Å². The largest absolute Gasteiger partial charge is 0.383 e. The van der Waals surface area contributed by atoms with Crippen molar-refractivity contribution in [1.82, 2.24) is 10.0 Å². The minimum atomic E-state index is -3.72. The molecular formula is C19H23FN2O4S. The summed E-state index contributed by atoms with van der Waals surface area (Å²) in [7, 11) is -2.24. The van der Waals surface area contributed by atoms with Gasteiger partial charge in [0.2, 0.25) is 10.0 Å². The Hall–Kier alpha value is -2.29. The Balaban J connectivity index is 2.03. The standard InChI is InChI=1S/C19H23FN2O4S/c1-14-3-8-17(27(24,25)22-11-12-26-2)13-18(14)19(23)21-10-9-15-4-6-16(20)7-5-15/h3-8,13,22H,9-12H2,1-2H3,(H,21,23). The second-order valence-electron chi connectivity index (χ2n) is 6.00. The lowest BCUT2D eigenvalue weighted by molar-refractivity contribution is 0.0953. The predicted octanol–water partition coefficient (Wildman–Crippen LogP) is 2.03. The van der Waals surface area contributed by atoms with Gasteiger partial charge in [-0.1, -0.05) is 18.2 Å². The van der Waals surface area contributed by atoms with Gasteiger partial charge in [-0.25, -0.2) is 17.5 Å². The molecular weight excluding hydrogens is 371 g/mol. The number of methoxy groups -OCH3 is 1. The van der Waals surface area contributed by atoms with E-state index in [0.717, 1.165) is 5.56 Å². The summed E-state index contributed by atoms with van der Waals surface area (Å²) in [6.07, 6.45) is 0.543. The molecule has 8 heteroatoms. The van der Waals surface area contributed by atoms with Crippen LogP contribution in [0.3, 0.4) is 0 Å². The van der Waals surface area contributed by atoms with Crippen LogP contribution in [0.25, 0.3) is 0 Å². The maximum Gasteiger partial charge on any atom is 0.251 e. The molecule has 0 aliphatic carbocycles. The molecule has 2 N–H and O–H groups in total. The van der Waals surface area contributed by atoms with E-state index in [0.29, 0.717) is 24.1 Å². The molecule has 2 aromatic rings. The van der Waals surface area contributed by atoms with Gasteiger partial charge >= 0.3 is 0 Å². The van der Waals surface area contributed by atoms with Gasteiger partial charge in [-0.05, 0) is 48.7 Å². The summed E-state index contributed by atoms with van der Waals surface area (Å²) in [6.45, 7) is 2.49. The summed E-state index contributed by atoms with van der Waals surface area (Å²) in [5.74, 6) is -0.668. The van der Waals surface area contributed by atoms with Gasteiger partial charge < -0.3 is 10.1 Å². The van der Waals surface area contributed by atoms with Gasteiger partial charge in [-0.15, -0.1) is 0 Å². The Labute approximate surface area is 158 Å². The third-order valence-corrected chi connectivity index (χ3v) is 5.43. The van der Waals surface area contributed by atoms with Crippen LogP contribution in [0, 0.1) is 12.7 Å². The van der Waals surface area contributed by atoms with E-state index >= 15 is 0 Å². The van der Waals surface area contributed by atoms with Crippen molar-refractivity contribution in [3.8, 4) is 0 Å². The molecule has 0 fully saturated rings. The van der Waals surface area contributed by atoms with Crippen molar-refractivity contribution in [3.05, 3.63) is 65.0 Å². The van der Waals surface area contributed by atoms with Crippen molar-refractivity contribution in [1.29, 1.82) is 0 Å². The molecule has 0 aromatic heterocycles. The number of carbonyl (C=O) groups is 1. The first-order valence-corrected chi connectivity index (χ1v) is 9.93. The lowest BCUT2D eigenvalue weighted by Crippen LogP contribution is -2.29. The number of hydrogen-bond donors (Lipinski definition) is 2. The number of benzene rings is 2. The highest BCUT2D eigenvalue weighted by atomic mass is 32.2. The van der Waals surface area contributed by atoms with Crippen molar-refractivity contribution < 1.29 is 22.3 Å². The lowest BCUT2D eigenvalue weighted by Gasteiger charge is -2.11. The van der Waals surface area contributed by atoms with E-state index in [4.69, 9.17) is 4.74 Å². The van der Waals surface area contributed by atoms with Crippen molar-refractivity contribution in [2.24, 2.45) is 0 Å². The number of rotatable bonds is 9. The van der Waals surface area contributed by atoms with Crippen molar-refractivity contribution in [3.63, 3.8) is 0 Å². The quantitative estimate of drug-likeness (QED) is 0.638. The molecule has 2 aromatic carbocycles. The zero-order chi connectivity index (χ0) is 19.9. The molecule has 2 rings (SSSR count). The van der Waals surface area contributed by atoms with Gasteiger partial charge in [0.25, 0.3) is 5.91 Å². The van der Waals surface area contributed by atoms with Gasteiger partial charge in [0, 0.05) is 25.8 Å². The Morgan fingerprint density at radius 3 is 2.48 bits per heavy atom. The maximum atomic E-state index is 12.9. The van der Waals surface area contributed by atoms with Crippen LogP contribution in [0.4, 0.5) is 4.39 Å². The van der Waals surface area contributed by atoms with Crippen LogP contribution in [0.5, 0.6) is 0 Å². The Morgan fingerprint density at radius 1 is 1.11 bits per heavy atom. The van der Waals surface area contributed by atoms with E-state index in [1.165, 1.54) is 31.4 Å². The third-order valence-electron chi connectivity index (χ3n) is 3.97. The summed E-state index contributed by atoms with van der Waals surface area (Å²) < 4.78 is 44.7. The predicted molar refractivity (Wildman–Crippen MR) is 101 cm³/mol. The first-order chi connectivity index (χ1) is 12.8. The fourth-order valence-electron chi connectivity index (χ4n) is 2.44. The molecule has 6 nitrogen and oxygen atoms in total. The Kier molecular flexibility index (Phi) is 7.46. The third kappa shape index (κ3) is 6.13. The molecule has 0 heterocycles. The number of amides is 1. The normalized spacial score (nSPS) is 11.4. The first kappa shape index (κ1) is 21.0. The lowest BCUT2D eigenvalue weighted by atomic mass is 10.1. The topological polar surface area (TPSA) is 84.5 Å². The molecule has 0 bridgehead atoms. The average Bonchev–Trinajstić information content (AvgIpc) is 2.63. The minimum Gasteiger partial charge on any atom is -0.383 e. The Morgan fingerprint density at radius 2 is 1.81 bits per heavy atom. The molecule has 0 saturated carbocycles. The van der Waals surface area contributed by atoms with Crippen LogP contribution >= 0.6 is 0 Å². The van der Waals surface area contributed by atoms with E-state index in [1.807, 2.05) is 0 Å². The molecule has 0 aliphatic rings. The zero-order valence-corrected chi connectivity index (χ0v) is 16.1. The highest BCUT2D eigenvalue weighted by Crippen LogP contribution is 2.15. The maximum absolute atomic E-state index is 12.9. The molecule has 0 saturated heterocycles. The number of carbonyl (C=O) groups excluding carboxylic acids is 1. The average molecular weight is 394 g/mol. The van der Waals surface area contributed by atoms with Gasteiger partial charge in [0.05, 0.1) is 11.5 Å². The van der Waals surface area contributed by atoms with Crippen molar-refractivity contribution in [2.75, 3.05) is 26.8 Å². The molecule has 27 heavy (non-hydrogen) atoms. The van der Waals surface area contributed by atoms with E-state index in [-0.39, 0.29) is 29.8 Å². The number of ether oxygens (including phenoxy) is 1. The zero-order valence-electron chi connectivity index (χ0n) is 15.3. The molecule has 0 atom stereocenters. The summed E-state index contributed by atoms with van der Waals surface area (Å²) >= 11 is 0. The van der Waals surface area contributed by atoms with Crippen LogP contribution in [0.15, 0.2) is 47.4 Å². The number of nitrogens with one attached hydrogen (secondary N) is 2. The first-order valence-electron chi connectivity index (χ1n) is 8.45. The fourth-order valence-corrected chi connectivity index (χ4v) is 3.48. The van der Waals surface area contributed by atoms with Crippen molar-refractivity contribution >= 4 is 15.9 Å². The summed E-state index contributed by atoms with van der Waals surface area (Å²) in [5, 5.41) is 2.77. The van der Waals surface area contributed by atoms with E-state index < -0.39 is 10.0 Å². The second kappa shape index (κ2) is 9.59. The molecule has 0 aliphatic heterocycles. The highest BCUT2D eigenvalue weighted by Gasteiger charge is 2.17. The smallest absolute Gasteiger partial charge is 0.251 e. The van der Waals surface area contributed by atoms with E-state index in [1.54, 1.807) is 25.1 Å². The Bertz CT molecular complexity index is 883. The van der Waals surface area contributed by atoms with Gasteiger partial charge in [0.1, 0.15) is 5.82 Å². The molecule has 146 valence electrons. The second-order valence-corrected chi connectivity index (χ2v) is 7.77. The summed E-state index contributed by atoms with van der Waals surface area (Å²) in [4.78, 5) is 12.5. The van der Waals surface area contributed by atoms with E-state index in [9.17, 15) is 17.6 Å². The summed E-state index contributed by atoms with van der Waals surface area (Å²) in [5.41, 5.74) is 1.86. The molecule has 1 amide bonds. The van der Waals surface area contributed by atoms with Gasteiger partial charge in [0.15, 0.2) is 0 Å². The number of hydrogen-bond acceptors (Lipinski definition) is 4. The fraction of sp³-hybridized carbons (Fsp3) is 0.316.